The van der Waals surface area contributed by atoms with Crippen molar-refractivity contribution in [1.82, 2.24) is 20.1 Å². The molecule has 0 atom stereocenters. The summed E-state index contributed by atoms with van der Waals surface area (Å²) in [5, 5.41) is 10.6. The first-order chi connectivity index (χ1) is 12.0. The van der Waals surface area contributed by atoms with E-state index in [2.05, 4.69) is 20.7 Å². The summed E-state index contributed by atoms with van der Waals surface area (Å²) in [4.78, 5) is 16.7. The van der Waals surface area contributed by atoms with Gasteiger partial charge in [-0.05, 0) is 50.9 Å². The van der Waals surface area contributed by atoms with Gasteiger partial charge in [0.15, 0.2) is 12.4 Å². The number of carbonyl (C=O) groups excluding carboxylic acids is 1. The van der Waals surface area contributed by atoms with Gasteiger partial charge in [0.05, 0.1) is 0 Å². The molecule has 0 spiro atoms. The molecule has 1 amide bonds. The Morgan fingerprint density at radius 3 is 2.68 bits per heavy atom. The van der Waals surface area contributed by atoms with E-state index < -0.39 is 0 Å². The molecule has 0 unspecified atom stereocenters. The number of para-hydroxylation sites is 1. The summed E-state index contributed by atoms with van der Waals surface area (Å²) in [6.07, 6.45) is 2.04. The summed E-state index contributed by atoms with van der Waals surface area (Å²) in [6.45, 7) is 5.84. The first kappa shape index (κ1) is 17.4. The first-order valence-electron chi connectivity index (χ1n) is 8.65. The van der Waals surface area contributed by atoms with Gasteiger partial charge in [-0.3, -0.25) is 10.1 Å². The van der Waals surface area contributed by atoms with Crippen molar-refractivity contribution in [3.63, 3.8) is 0 Å². The molecule has 1 fully saturated rings. The Morgan fingerprint density at radius 2 is 2.00 bits per heavy atom. The fourth-order valence-corrected chi connectivity index (χ4v) is 3.09. The van der Waals surface area contributed by atoms with Crippen LogP contribution in [0.1, 0.15) is 35.7 Å². The van der Waals surface area contributed by atoms with Gasteiger partial charge in [0.2, 0.25) is 5.95 Å². The molecular formula is C18H25N5O2. The molecule has 0 bridgehead atoms. The lowest BCUT2D eigenvalue weighted by molar-refractivity contribution is -0.118. The molecule has 0 aliphatic carbocycles. The monoisotopic (exact) mass is 343 g/mol. The minimum atomic E-state index is -0.241. The number of anilines is 1. The lowest BCUT2D eigenvalue weighted by Gasteiger charge is -2.19. The fraction of sp³-hybridized carbons (Fsp3) is 0.500. The van der Waals surface area contributed by atoms with Crippen LogP contribution in [-0.2, 0) is 11.8 Å². The molecule has 1 saturated heterocycles. The Morgan fingerprint density at radius 1 is 1.32 bits per heavy atom. The van der Waals surface area contributed by atoms with E-state index in [9.17, 15) is 4.79 Å². The SMILES string of the molecule is Cc1cccc(C)c1OCC(=O)Nc1nc(C2CCNCC2)nn1C. The summed E-state index contributed by atoms with van der Waals surface area (Å²) in [6, 6.07) is 5.90. The highest BCUT2D eigenvalue weighted by Crippen LogP contribution is 2.24. The summed E-state index contributed by atoms with van der Waals surface area (Å²) < 4.78 is 7.31. The number of hydrogen-bond acceptors (Lipinski definition) is 5. The van der Waals surface area contributed by atoms with Crippen molar-refractivity contribution in [3.05, 3.63) is 35.2 Å². The van der Waals surface area contributed by atoms with Gasteiger partial charge < -0.3 is 10.1 Å². The van der Waals surface area contributed by atoms with Crippen LogP contribution in [0.15, 0.2) is 18.2 Å². The molecule has 2 heterocycles. The van der Waals surface area contributed by atoms with Crippen molar-refractivity contribution in [3.8, 4) is 5.75 Å². The molecule has 1 aromatic carbocycles. The maximum Gasteiger partial charge on any atom is 0.264 e. The van der Waals surface area contributed by atoms with E-state index in [0.29, 0.717) is 11.9 Å². The molecule has 1 aliphatic rings. The molecule has 7 heteroatoms. The molecule has 0 radical (unpaired) electrons. The second-order valence-electron chi connectivity index (χ2n) is 6.50. The quantitative estimate of drug-likeness (QED) is 0.867. The summed E-state index contributed by atoms with van der Waals surface area (Å²) in [7, 11) is 1.79. The minimum absolute atomic E-state index is 0.0543. The highest BCUT2D eigenvalue weighted by Gasteiger charge is 2.21. The lowest BCUT2D eigenvalue weighted by Crippen LogP contribution is -2.27. The predicted octanol–water partition coefficient (Wildman–Crippen LogP) is 1.92. The number of nitrogens with one attached hydrogen (secondary N) is 2. The fourth-order valence-electron chi connectivity index (χ4n) is 3.09. The zero-order valence-corrected chi connectivity index (χ0v) is 15.0. The highest BCUT2D eigenvalue weighted by atomic mass is 16.5. The molecule has 0 saturated carbocycles. The van der Waals surface area contributed by atoms with Gasteiger partial charge in [0.1, 0.15) is 5.75 Å². The third-order valence-electron chi connectivity index (χ3n) is 4.49. The third kappa shape index (κ3) is 4.17. The molecule has 2 N–H and O–H groups in total. The Kier molecular flexibility index (Phi) is 5.33. The van der Waals surface area contributed by atoms with Crippen LogP contribution in [0.25, 0.3) is 0 Å². The van der Waals surface area contributed by atoms with Gasteiger partial charge in [0, 0.05) is 13.0 Å². The van der Waals surface area contributed by atoms with Crippen LogP contribution in [0.2, 0.25) is 0 Å². The highest BCUT2D eigenvalue weighted by molar-refractivity contribution is 5.90. The smallest absolute Gasteiger partial charge is 0.264 e. The summed E-state index contributed by atoms with van der Waals surface area (Å²) >= 11 is 0. The van der Waals surface area contributed by atoms with Gasteiger partial charge in [-0.25, -0.2) is 4.68 Å². The van der Waals surface area contributed by atoms with Crippen molar-refractivity contribution < 1.29 is 9.53 Å². The number of amides is 1. The Labute approximate surface area is 147 Å². The third-order valence-corrected chi connectivity index (χ3v) is 4.49. The van der Waals surface area contributed by atoms with Crippen LogP contribution in [0, 0.1) is 13.8 Å². The van der Waals surface area contributed by atoms with Crippen molar-refractivity contribution >= 4 is 11.9 Å². The summed E-state index contributed by atoms with van der Waals surface area (Å²) in [5.74, 6) is 2.13. The number of carbonyl (C=O) groups is 1. The van der Waals surface area contributed by atoms with Crippen LogP contribution in [0.5, 0.6) is 5.75 Å². The van der Waals surface area contributed by atoms with Crippen LogP contribution in [-0.4, -0.2) is 40.4 Å². The van der Waals surface area contributed by atoms with E-state index in [-0.39, 0.29) is 12.5 Å². The topological polar surface area (TPSA) is 81.1 Å². The number of aryl methyl sites for hydroxylation is 3. The van der Waals surface area contributed by atoms with E-state index in [0.717, 1.165) is 48.6 Å². The number of aromatic nitrogens is 3. The van der Waals surface area contributed by atoms with Crippen LogP contribution >= 0.6 is 0 Å². The number of ether oxygens (including phenoxy) is 1. The molecule has 1 aromatic heterocycles. The molecule has 7 nitrogen and oxygen atoms in total. The van der Waals surface area contributed by atoms with Crippen LogP contribution in [0.3, 0.4) is 0 Å². The summed E-state index contributed by atoms with van der Waals surface area (Å²) in [5.41, 5.74) is 2.03. The van der Waals surface area contributed by atoms with E-state index in [1.807, 2.05) is 32.0 Å². The molecule has 3 rings (SSSR count). The number of hydrogen-bond donors (Lipinski definition) is 2. The molecule has 134 valence electrons. The zero-order chi connectivity index (χ0) is 17.8. The Bertz CT molecular complexity index is 730. The van der Waals surface area contributed by atoms with Crippen LogP contribution < -0.4 is 15.4 Å². The van der Waals surface area contributed by atoms with E-state index in [1.54, 1.807) is 11.7 Å². The second kappa shape index (κ2) is 7.65. The average Bonchev–Trinajstić information content (AvgIpc) is 2.96. The van der Waals surface area contributed by atoms with E-state index in [1.165, 1.54) is 0 Å². The predicted molar refractivity (Wildman–Crippen MR) is 95.9 cm³/mol. The Hall–Kier alpha value is -2.41. The maximum atomic E-state index is 12.2. The Balaban J connectivity index is 1.60. The first-order valence-corrected chi connectivity index (χ1v) is 8.65. The maximum absolute atomic E-state index is 12.2. The van der Waals surface area contributed by atoms with Crippen molar-refractivity contribution in [2.45, 2.75) is 32.6 Å². The van der Waals surface area contributed by atoms with Gasteiger partial charge in [-0.15, -0.1) is 0 Å². The second-order valence-corrected chi connectivity index (χ2v) is 6.50. The van der Waals surface area contributed by atoms with Gasteiger partial charge in [-0.1, -0.05) is 18.2 Å². The number of rotatable bonds is 5. The normalized spacial score (nSPS) is 15.2. The standard InChI is InChI=1S/C18H25N5O2/c1-12-5-4-6-13(2)16(12)25-11-15(24)20-18-21-17(22-23(18)3)14-7-9-19-10-8-14/h4-6,14,19H,7-11H2,1-3H3,(H,20,21,22,24). The van der Waals surface area contributed by atoms with Crippen LogP contribution in [0.4, 0.5) is 5.95 Å². The average molecular weight is 343 g/mol. The van der Waals surface area contributed by atoms with Crippen molar-refractivity contribution in [2.24, 2.45) is 7.05 Å². The zero-order valence-electron chi connectivity index (χ0n) is 15.0. The van der Waals surface area contributed by atoms with Gasteiger partial charge in [-0.2, -0.15) is 10.1 Å². The lowest BCUT2D eigenvalue weighted by atomic mass is 9.98. The van der Waals surface area contributed by atoms with Crippen molar-refractivity contribution in [1.29, 1.82) is 0 Å². The largest absolute Gasteiger partial charge is 0.483 e. The van der Waals surface area contributed by atoms with Crippen molar-refractivity contribution in [2.75, 3.05) is 25.0 Å². The minimum Gasteiger partial charge on any atom is -0.483 e. The number of piperidine rings is 1. The molecule has 25 heavy (non-hydrogen) atoms. The van der Waals surface area contributed by atoms with Gasteiger partial charge in [0.25, 0.3) is 5.91 Å². The van der Waals surface area contributed by atoms with Gasteiger partial charge >= 0.3 is 0 Å². The van der Waals surface area contributed by atoms with E-state index >= 15 is 0 Å². The number of nitrogens with zero attached hydrogens (tertiary/aromatic N) is 3. The van der Waals surface area contributed by atoms with E-state index in [4.69, 9.17) is 4.74 Å². The molecule has 2 aromatic rings. The molecule has 1 aliphatic heterocycles. The molecular weight excluding hydrogens is 318 g/mol. The number of benzene rings is 1.